The van der Waals surface area contributed by atoms with Crippen molar-refractivity contribution in [1.82, 2.24) is 0 Å². The number of carbonyl (C=O) groups excluding carboxylic acids is 2. The minimum atomic E-state index is -0.309. The van der Waals surface area contributed by atoms with Gasteiger partial charge in [0.2, 0.25) is 0 Å². The number of methoxy groups -OCH3 is 1. The standard InChI is InChI=1S/C14H16O3S/c1-9-12(15)10-5-3-4-6-11(10)13(16)14(9)18-8-7-17-2/h3-6,10-11H,7-8H2,1-2H3. The third kappa shape index (κ3) is 2.35. The van der Waals surface area contributed by atoms with E-state index < -0.39 is 0 Å². The third-order valence-corrected chi connectivity index (χ3v) is 4.38. The molecule has 2 aliphatic rings. The van der Waals surface area contributed by atoms with Crippen molar-refractivity contribution in [3.05, 3.63) is 34.8 Å². The Balaban J connectivity index is 2.24. The maximum atomic E-state index is 12.4. The van der Waals surface area contributed by atoms with Crippen LogP contribution in [0, 0.1) is 11.8 Å². The van der Waals surface area contributed by atoms with Crippen LogP contribution in [0.15, 0.2) is 34.8 Å². The van der Waals surface area contributed by atoms with Crippen molar-refractivity contribution >= 4 is 23.3 Å². The van der Waals surface area contributed by atoms with Gasteiger partial charge in [0, 0.05) is 18.4 Å². The number of hydrogen-bond acceptors (Lipinski definition) is 4. The normalized spacial score (nSPS) is 26.8. The minimum Gasteiger partial charge on any atom is -0.384 e. The number of rotatable bonds is 4. The van der Waals surface area contributed by atoms with E-state index in [-0.39, 0.29) is 23.4 Å². The van der Waals surface area contributed by atoms with Crippen LogP contribution in [0.2, 0.25) is 0 Å². The smallest absolute Gasteiger partial charge is 0.177 e. The zero-order valence-corrected chi connectivity index (χ0v) is 11.3. The number of ether oxygens (including phenoxy) is 1. The first kappa shape index (κ1) is 13.3. The van der Waals surface area contributed by atoms with E-state index in [1.807, 2.05) is 24.3 Å². The fourth-order valence-corrected chi connectivity index (χ4v) is 3.26. The molecule has 0 aromatic heterocycles. The summed E-state index contributed by atoms with van der Waals surface area (Å²) in [5.41, 5.74) is 0.599. The van der Waals surface area contributed by atoms with E-state index in [9.17, 15) is 9.59 Å². The summed E-state index contributed by atoms with van der Waals surface area (Å²) in [6.07, 6.45) is 7.33. The fourth-order valence-electron chi connectivity index (χ4n) is 2.21. The molecule has 2 rings (SSSR count). The Hall–Kier alpha value is -1.13. The van der Waals surface area contributed by atoms with Crippen LogP contribution < -0.4 is 0 Å². The van der Waals surface area contributed by atoms with Gasteiger partial charge in [0.1, 0.15) is 0 Å². The molecule has 0 saturated carbocycles. The molecular formula is C14H16O3S. The van der Waals surface area contributed by atoms with Crippen LogP contribution in [-0.2, 0) is 14.3 Å². The molecule has 0 bridgehead atoms. The average molecular weight is 264 g/mol. The molecule has 0 heterocycles. The van der Waals surface area contributed by atoms with Gasteiger partial charge in [0.25, 0.3) is 0 Å². The predicted molar refractivity (Wildman–Crippen MR) is 72.3 cm³/mol. The van der Waals surface area contributed by atoms with E-state index in [1.54, 1.807) is 14.0 Å². The molecule has 3 nitrogen and oxygen atoms in total. The van der Waals surface area contributed by atoms with Gasteiger partial charge in [0.05, 0.1) is 23.3 Å². The van der Waals surface area contributed by atoms with Crippen LogP contribution in [0.1, 0.15) is 6.92 Å². The Bertz CT molecular complexity index is 460. The number of thioether (sulfide) groups is 1. The Kier molecular flexibility index (Phi) is 4.19. The van der Waals surface area contributed by atoms with Gasteiger partial charge < -0.3 is 4.74 Å². The van der Waals surface area contributed by atoms with E-state index in [0.717, 1.165) is 0 Å². The van der Waals surface area contributed by atoms with E-state index in [1.165, 1.54) is 11.8 Å². The first-order chi connectivity index (χ1) is 8.66. The second-order valence-corrected chi connectivity index (χ2v) is 5.45. The molecule has 0 radical (unpaired) electrons. The number of carbonyl (C=O) groups is 2. The highest BCUT2D eigenvalue weighted by Crippen LogP contribution is 2.37. The van der Waals surface area contributed by atoms with Gasteiger partial charge in [-0.1, -0.05) is 24.3 Å². The number of fused-ring (bicyclic) bond motifs is 1. The monoisotopic (exact) mass is 264 g/mol. The van der Waals surface area contributed by atoms with Gasteiger partial charge in [-0.2, -0.15) is 0 Å². The second kappa shape index (κ2) is 5.67. The molecular weight excluding hydrogens is 248 g/mol. The minimum absolute atomic E-state index is 0.0683. The molecule has 0 aromatic carbocycles. The Morgan fingerprint density at radius 1 is 1.17 bits per heavy atom. The molecule has 96 valence electrons. The summed E-state index contributed by atoms with van der Waals surface area (Å²) >= 11 is 1.42. The lowest BCUT2D eigenvalue weighted by atomic mass is 9.76. The topological polar surface area (TPSA) is 43.4 Å². The van der Waals surface area contributed by atoms with Crippen molar-refractivity contribution in [3.8, 4) is 0 Å². The predicted octanol–water partition coefficient (Wildman–Crippen LogP) is 2.15. The van der Waals surface area contributed by atoms with Crippen molar-refractivity contribution in [1.29, 1.82) is 0 Å². The summed E-state index contributed by atoms with van der Waals surface area (Å²) in [7, 11) is 1.63. The fraction of sp³-hybridized carbons (Fsp3) is 0.429. The van der Waals surface area contributed by atoms with Crippen LogP contribution in [0.5, 0.6) is 0 Å². The van der Waals surface area contributed by atoms with Crippen molar-refractivity contribution < 1.29 is 14.3 Å². The molecule has 0 aliphatic heterocycles. The quantitative estimate of drug-likeness (QED) is 0.730. The highest BCUT2D eigenvalue weighted by molar-refractivity contribution is 8.04. The molecule has 0 aromatic rings. The molecule has 0 spiro atoms. The second-order valence-electron chi connectivity index (χ2n) is 4.35. The maximum Gasteiger partial charge on any atom is 0.177 e. The van der Waals surface area contributed by atoms with Gasteiger partial charge in [-0.15, -0.1) is 11.8 Å². The van der Waals surface area contributed by atoms with E-state index in [4.69, 9.17) is 4.74 Å². The van der Waals surface area contributed by atoms with E-state index >= 15 is 0 Å². The van der Waals surface area contributed by atoms with Gasteiger partial charge in [0.15, 0.2) is 11.6 Å². The summed E-state index contributed by atoms with van der Waals surface area (Å²) in [5.74, 6) is 0.225. The number of hydrogen-bond donors (Lipinski definition) is 0. The van der Waals surface area contributed by atoms with Crippen molar-refractivity contribution in [2.24, 2.45) is 11.8 Å². The van der Waals surface area contributed by atoms with Gasteiger partial charge >= 0.3 is 0 Å². The molecule has 4 heteroatoms. The summed E-state index contributed by atoms with van der Waals surface area (Å²) in [5, 5.41) is 0. The first-order valence-electron chi connectivity index (χ1n) is 5.93. The lowest BCUT2D eigenvalue weighted by Crippen LogP contribution is -2.35. The number of ketones is 2. The third-order valence-electron chi connectivity index (χ3n) is 3.21. The molecule has 18 heavy (non-hydrogen) atoms. The molecule has 2 aliphatic carbocycles. The lowest BCUT2D eigenvalue weighted by Gasteiger charge is -2.28. The van der Waals surface area contributed by atoms with Crippen LogP contribution in [0.4, 0.5) is 0 Å². The van der Waals surface area contributed by atoms with Crippen LogP contribution in [-0.4, -0.2) is 31.0 Å². The zero-order valence-electron chi connectivity index (χ0n) is 10.5. The molecule has 2 unspecified atom stereocenters. The van der Waals surface area contributed by atoms with Gasteiger partial charge in [-0.05, 0) is 6.92 Å². The number of Topliss-reactive ketones (excluding diaryl/α,β-unsaturated/α-hetero) is 2. The highest BCUT2D eigenvalue weighted by atomic mass is 32.2. The van der Waals surface area contributed by atoms with Gasteiger partial charge in [-0.25, -0.2) is 0 Å². The first-order valence-corrected chi connectivity index (χ1v) is 6.91. The van der Waals surface area contributed by atoms with Crippen LogP contribution in [0.3, 0.4) is 0 Å². The highest BCUT2D eigenvalue weighted by Gasteiger charge is 2.39. The van der Waals surface area contributed by atoms with E-state index in [2.05, 4.69) is 0 Å². The summed E-state index contributed by atoms with van der Waals surface area (Å²) in [4.78, 5) is 25.2. The lowest BCUT2D eigenvalue weighted by molar-refractivity contribution is -0.126. The Morgan fingerprint density at radius 2 is 1.78 bits per heavy atom. The van der Waals surface area contributed by atoms with Crippen LogP contribution >= 0.6 is 11.8 Å². The maximum absolute atomic E-state index is 12.4. The van der Waals surface area contributed by atoms with Crippen molar-refractivity contribution in [2.45, 2.75) is 6.92 Å². The van der Waals surface area contributed by atoms with Crippen LogP contribution in [0.25, 0.3) is 0 Å². The SMILES string of the molecule is COCCSC1=C(C)C(=O)C2C=CC=CC2C1=O. The van der Waals surface area contributed by atoms with E-state index in [0.29, 0.717) is 22.8 Å². The van der Waals surface area contributed by atoms with Crippen molar-refractivity contribution in [2.75, 3.05) is 19.5 Å². The summed E-state index contributed by atoms with van der Waals surface area (Å²) < 4.78 is 4.97. The Labute approximate surface area is 111 Å². The largest absolute Gasteiger partial charge is 0.384 e. The molecule has 0 N–H and O–H groups in total. The molecule has 0 fully saturated rings. The molecule has 2 atom stereocenters. The summed E-state index contributed by atoms with van der Waals surface area (Å²) in [6.45, 7) is 2.32. The molecule has 0 saturated heterocycles. The van der Waals surface area contributed by atoms with Gasteiger partial charge in [-0.3, -0.25) is 9.59 Å². The number of allylic oxidation sites excluding steroid dienone is 6. The average Bonchev–Trinajstić information content (AvgIpc) is 2.40. The Morgan fingerprint density at radius 3 is 2.39 bits per heavy atom. The summed E-state index contributed by atoms with van der Waals surface area (Å²) in [6, 6.07) is 0. The molecule has 0 amide bonds. The van der Waals surface area contributed by atoms with Crippen molar-refractivity contribution in [3.63, 3.8) is 0 Å². The zero-order chi connectivity index (χ0) is 13.1.